The molecule has 0 unspecified atom stereocenters. The van der Waals surface area contributed by atoms with Gasteiger partial charge in [0.1, 0.15) is 5.92 Å². The van der Waals surface area contributed by atoms with Gasteiger partial charge in [-0.25, -0.2) is 0 Å². The molecule has 0 aromatic heterocycles. The lowest BCUT2D eigenvalue weighted by atomic mass is 9.74. The van der Waals surface area contributed by atoms with E-state index in [-0.39, 0.29) is 11.8 Å². The van der Waals surface area contributed by atoms with E-state index in [0.29, 0.717) is 17.9 Å². The van der Waals surface area contributed by atoms with Gasteiger partial charge >= 0.3 is 5.97 Å². The highest BCUT2D eigenvalue weighted by molar-refractivity contribution is 6.00. The summed E-state index contributed by atoms with van der Waals surface area (Å²) in [6.07, 6.45) is 0.513. The first kappa shape index (κ1) is 13.7. The number of amides is 1. The molecule has 0 aliphatic carbocycles. The molecule has 6 nitrogen and oxygen atoms in total. The number of hydrogen-bond acceptors (Lipinski definition) is 5. The van der Waals surface area contributed by atoms with Crippen LogP contribution in [0.15, 0.2) is 18.2 Å². The van der Waals surface area contributed by atoms with Crippen LogP contribution in [0.3, 0.4) is 0 Å². The Hall–Kier alpha value is -2.24. The van der Waals surface area contributed by atoms with Crippen LogP contribution in [-0.4, -0.2) is 31.8 Å². The molecule has 0 saturated carbocycles. The standard InChI is InChI=1S/C15H17NO5/c1-15-7-9(11(13(17)16-15)14(18)20-3)8-5-4-6-10(19-2)12(8)21-15/h4-6,9,11H,7H2,1-3H3,(H,16,17)/t9-,11+,15+/m1/s1. The predicted octanol–water partition coefficient (Wildman–Crippen LogP) is 1.20. The van der Waals surface area contributed by atoms with Crippen LogP contribution in [0, 0.1) is 5.92 Å². The molecule has 1 amide bonds. The maximum absolute atomic E-state index is 12.3. The van der Waals surface area contributed by atoms with E-state index in [1.54, 1.807) is 20.1 Å². The fraction of sp³-hybridized carbons (Fsp3) is 0.467. The number of piperidine rings is 1. The van der Waals surface area contributed by atoms with Gasteiger partial charge in [-0.05, 0) is 13.0 Å². The molecule has 2 aliphatic rings. The molecule has 1 saturated heterocycles. The second-order valence-electron chi connectivity index (χ2n) is 5.51. The molecule has 1 N–H and O–H groups in total. The number of carbonyl (C=O) groups is 2. The second kappa shape index (κ2) is 4.65. The average Bonchev–Trinajstić information content (AvgIpc) is 2.45. The predicted molar refractivity (Wildman–Crippen MR) is 73.0 cm³/mol. The SMILES string of the molecule is COC(=O)[C@@H]1C(=O)N[C@]2(C)C[C@@H]1c1cccc(OC)c1O2. The number of para-hydroxylation sites is 1. The molecule has 1 aromatic carbocycles. The Kier molecular flexibility index (Phi) is 3.04. The molecular formula is C15H17NO5. The zero-order valence-corrected chi connectivity index (χ0v) is 12.1. The van der Waals surface area contributed by atoms with Gasteiger partial charge in [-0.1, -0.05) is 12.1 Å². The van der Waals surface area contributed by atoms with Crippen LogP contribution < -0.4 is 14.8 Å². The fourth-order valence-electron chi connectivity index (χ4n) is 3.18. The molecule has 112 valence electrons. The van der Waals surface area contributed by atoms with Crippen molar-refractivity contribution in [2.75, 3.05) is 14.2 Å². The molecule has 0 spiro atoms. The normalized spacial score (nSPS) is 29.8. The number of carbonyl (C=O) groups excluding carboxylic acids is 2. The summed E-state index contributed by atoms with van der Waals surface area (Å²) in [5.41, 5.74) is -0.0365. The van der Waals surface area contributed by atoms with Crippen LogP contribution in [0.1, 0.15) is 24.8 Å². The maximum atomic E-state index is 12.3. The molecule has 2 bridgehead atoms. The molecular weight excluding hydrogens is 274 g/mol. The number of methoxy groups -OCH3 is 2. The molecule has 21 heavy (non-hydrogen) atoms. The first-order valence-corrected chi connectivity index (χ1v) is 6.75. The molecule has 3 rings (SSSR count). The summed E-state index contributed by atoms with van der Waals surface area (Å²) in [6.45, 7) is 1.79. The van der Waals surface area contributed by atoms with E-state index < -0.39 is 17.6 Å². The van der Waals surface area contributed by atoms with Gasteiger partial charge in [-0.3, -0.25) is 9.59 Å². The number of fused-ring (bicyclic) bond motifs is 4. The molecule has 0 radical (unpaired) electrons. The lowest BCUT2D eigenvalue weighted by molar-refractivity contribution is -0.158. The van der Waals surface area contributed by atoms with Crippen LogP contribution >= 0.6 is 0 Å². The van der Waals surface area contributed by atoms with Crippen molar-refractivity contribution in [1.82, 2.24) is 5.32 Å². The van der Waals surface area contributed by atoms with Crippen molar-refractivity contribution >= 4 is 11.9 Å². The zero-order chi connectivity index (χ0) is 15.2. The third kappa shape index (κ3) is 2.02. The summed E-state index contributed by atoms with van der Waals surface area (Å²) in [7, 11) is 2.84. The number of rotatable bonds is 2. The Balaban J connectivity index is 2.14. The van der Waals surface area contributed by atoms with Gasteiger partial charge in [0.25, 0.3) is 0 Å². The van der Waals surface area contributed by atoms with Crippen molar-refractivity contribution in [2.45, 2.75) is 25.0 Å². The van der Waals surface area contributed by atoms with Gasteiger partial charge in [-0.15, -0.1) is 0 Å². The summed E-state index contributed by atoms with van der Waals surface area (Å²) in [5.74, 6) is -0.881. The Bertz CT molecular complexity index is 614. The average molecular weight is 291 g/mol. The summed E-state index contributed by atoms with van der Waals surface area (Å²) >= 11 is 0. The Morgan fingerprint density at radius 3 is 2.86 bits per heavy atom. The fourth-order valence-corrected chi connectivity index (χ4v) is 3.18. The highest BCUT2D eigenvalue weighted by Crippen LogP contribution is 2.50. The van der Waals surface area contributed by atoms with Crippen molar-refractivity contribution in [1.29, 1.82) is 0 Å². The van der Waals surface area contributed by atoms with Crippen molar-refractivity contribution in [3.8, 4) is 11.5 Å². The van der Waals surface area contributed by atoms with E-state index >= 15 is 0 Å². The number of benzene rings is 1. The minimum absolute atomic E-state index is 0.282. The van der Waals surface area contributed by atoms with Crippen LogP contribution in [-0.2, 0) is 14.3 Å². The summed E-state index contributed by atoms with van der Waals surface area (Å²) < 4.78 is 16.0. The zero-order valence-electron chi connectivity index (χ0n) is 12.1. The van der Waals surface area contributed by atoms with Crippen molar-refractivity contribution in [2.24, 2.45) is 5.92 Å². The van der Waals surface area contributed by atoms with Gasteiger partial charge in [0, 0.05) is 17.9 Å². The highest BCUT2D eigenvalue weighted by Gasteiger charge is 2.52. The summed E-state index contributed by atoms with van der Waals surface area (Å²) in [4.78, 5) is 24.2. The summed E-state index contributed by atoms with van der Waals surface area (Å²) in [6, 6.07) is 5.47. The number of ether oxygens (including phenoxy) is 3. The Morgan fingerprint density at radius 2 is 2.19 bits per heavy atom. The van der Waals surface area contributed by atoms with Crippen molar-refractivity contribution in [3.63, 3.8) is 0 Å². The van der Waals surface area contributed by atoms with E-state index in [4.69, 9.17) is 14.2 Å². The van der Waals surface area contributed by atoms with Gasteiger partial charge in [0.2, 0.25) is 5.91 Å². The minimum Gasteiger partial charge on any atom is -0.493 e. The maximum Gasteiger partial charge on any atom is 0.318 e. The number of nitrogens with one attached hydrogen (secondary N) is 1. The molecule has 6 heteroatoms. The summed E-state index contributed by atoms with van der Waals surface area (Å²) in [5, 5.41) is 2.76. The van der Waals surface area contributed by atoms with Crippen molar-refractivity contribution < 1.29 is 23.8 Å². The van der Waals surface area contributed by atoms with Gasteiger partial charge < -0.3 is 19.5 Å². The van der Waals surface area contributed by atoms with Crippen LogP contribution in [0.2, 0.25) is 0 Å². The van der Waals surface area contributed by atoms with Crippen LogP contribution in [0.25, 0.3) is 0 Å². The number of hydrogen-bond donors (Lipinski definition) is 1. The van der Waals surface area contributed by atoms with E-state index in [1.807, 2.05) is 12.1 Å². The third-order valence-corrected chi connectivity index (χ3v) is 4.09. The molecule has 2 aliphatic heterocycles. The first-order valence-electron chi connectivity index (χ1n) is 6.75. The van der Waals surface area contributed by atoms with E-state index in [1.165, 1.54) is 7.11 Å². The van der Waals surface area contributed by atoms with Crippen LogP contribution in [0.5, 0.6) is 11.5 Å². The lowest BCUT2D eigenvalue weighted by Gasteiger charge is -2.46. The second-order valence-corrected chi connectivity index (χ2v) is 5.51. The molecule has 2 heterocycles. The monoisotopic (exact) mass is 291 g/mol. The minimum atomic E-state index is -0.863. The van der Waals surface area contributed by atoms with Crippen molar-refractivity contribution in [3.05, 3.63) is 23.8 Å². The number of esters is 1. The quantitative estimate of drug-likeness (QED) is 0.654. The van der Waals surface area contributed by atoms with E-state index in [2.05, 4.69) is 5.32 Å². The topological polar surface area (TPSA) is 73.9 Å². The smallest absolute Gasteiger partial charge is 0.318 e. The van der Waals surface area contributed by atoms with Gasteiger partial charge in [0.05, 0.1) is 14.2 Å². The molecule has 3 atom stereocenters. The lowest BCUT2D eigenvalue weighted by Crippen LogP contribution is -2.62. The molecule has 1 fully saturated rings. The Labute approximate surface area is 122 Å². The van der Waals surface area contributed by atoms with Crippen LogP contribution in [0.4, 0.5) is 0 Å². The van der Waals surface area contributed by atoms with E-state index in [0.717, 1.165) is 5.56 Å². The highest BCUT2D eigenvalue weighted by atomic mass is 16.5. The molecule has 1 aromatic rings. The third-order valence-electron chi connectivity index (χ3n) is 4.09. The van der Waals surface area contributed by atoms with Gasteiger partial charge in [-0.2, -0.15) is 0 Å². The van der Waals surface area contributed by atoms with Gasteiger partial charge in [0.15, 0.2) is 17.2 Å². The Morgan fingerprint density at radius 1 is 1.43 bits per heavy atom. The first-order chi connectivity index (χ1) is 9.99. The van der Waals surface area contributed by atoms with E-state index in [9.17, 15) is 9.59 Å². The largest absolute Gasteiger partial charge is 0.493 e.